The maximum atomic E-state index is 13.5. The molecule has 8 heteroatoms. The Balaban J connectivity index is 1.81. The summed E-state index contributed by atoms with van der Waals surface area (Å²) in [7, 11) is 1.51. The first kappa shape index (κ1) is 18.2. The molecule has 1 amide bonds. The first-order valence-corrected chi connectivity index (χ1v) is 8.75. The van der Waals surface area contributed by atoms with E-state index in [1.165, 1.54) is 7.11 Å². The Morgan fingerprint density at radius 1 is 1.19 bits per heavy atom. The smallest absolute Gasteiger partial charge is 0.321 e. The number of benzene rings is 2. The summed E-state index contributed by atoms with van der Waals surface area (Å²) < 4.78 is 33.0. The van der Waals surface area contributed by atoms with E-state index in [0.717, 1.165) is 16.3 Å². The monoisotopic (exact) mass is 377 g/mol. The van der Waals surface area contributed by atoms with Crippen molar-refractivity contribution in [3.63, 3.8) is 0 Å². The van der Waals surface area contributed by atoms with E-state index >= 15 is 0 Å². The Bertz CT molecular complexity index is 930. The van der Waals surface area contributed by atoms with Crippen LogP contribution in [0.4, 0.5) is 14.5 Å². The average molecular weight is 377 g/mol. The summed E-state index contributed by atoms with van der Waals surface area (Å²) in [4.78, 5) is 16.7. The van der Waals surface area contributed by atoms with E-state index in [0.29, 0.717) is 22.5 Å². The second kappa shape index (κ2) is 7.74. The van der Waals surface area contributed by atoms with Gasteiger partial charge in [-0.25, -0.2) is 4.98 Å². The summed E-state index contributed by atoms with van der Waals surface area (Å²) in [6.45, 7) is -1.10. The van der Waals surface area contributed by atoms with Gasteiger partial charge in [-0.15, -0.1) is 0 Å². The quantitative estimate of drug-likeness (QED) is 0.640. The van der Waals surface area contributed by atoms with Crippen LogP contribution in [0.15, 0.2) is 53.7 Å². The third kappa shape index (κ3) is 3.65. The van der Waals surface area contributed by atoms with Crippen molar-refractivity contribution in [3.05, 3.63) is 48.5 Å². The van der Waals surface area contributed by atoms with Gasteiger partial charge in [0.1, 0.15) is 5.75 Å². The van der Waals surface area contributed by atoms with Crippen LogP contribution in [0.1, 0.15) is 13.5 Å². The van der Waals surface area contributed by atoms with Gasteiger partial charge in [0.25, 0.3) is 0 Å². The van der Waals surface area contributed by atoms with Crippen LogP contribution in [0, 0.1) is 0 Å². The predicted octanol–water partition coefficient (Wildman–Crippen LogP) is 4.56. The number of nitrogens with one attached hydrogen (secondary N) is 1. The molecule has 1 N–H and O–H groups in total. The Morgan fingerprint density at radius 2 is 1.88 bits per heavy atom. The summed E-state index contributed by atoms with van der Waals surface area (Å²) in [6.07, 6.45) is 0. The summed E-state index contributed by atoms with van der Waals surface area (Å²) in [5.41, 5.74) is 1.32. The molecule has 1 unspecified atom stereocenters. The second-order valence-electron chi connectivity index (χ2n) is 5.48. The van der Waals surface area contributed by atoms with Crippen LogP contribution in [0.5, 0.6) is 5.75 Å². The van der Waals surface area contributed by atoms with E-state index in [9.17, 15) is 13.6 Å². The fraction of sp³-hybridized carbons (Fsp3) is 0.222. The average Bonchev–Trinajstić information content (AvgIpc) is 3.00. The summed E-state index contributed by atoms with van der Waals surface area (Å²) in [6, 6.07) is 13.7. The molecule has 1 heterocycles. The Kier molecular flexibility index (Phi) is 5.41. The van der Waals surface area contributed by atoms with Crippen LogP contribution < -0.4 is 10.1 Å². The highest BCUT2D eigenvalue weighted by molar-refractivity contribution is 8.00. The minimum absolute atomic E-state index is 0.101. The lowest BCUT2D eigenvalue weighted by Gasteiger charge is -2.14. The molecule has 136 valence electrons. The molecule has 0 saturated carbocycles. The number of para-hydroxylation sites is 4. The number of aromatic nitrogens is 2. The SMILES string of the molecule is COc1ccccc1NC(=O)C(C)Sc1nc2ccccc2n1C(F)F. The van der Waals surface area contributed by atoms with Crippen molar-refractivity contribution in [2.75, 3.05) is 12.4 Å². The number of carbonyl (C=O) groups excluding carboxylic acids is 1. The molecule has 0 aliphatic carbocycles. The molecule has 3 rings (SSSR count). The van der Waals surface area contributed by atoms with Crippen molar-refractivity contribution >= 4 is 34.4 Å². The number of fused-ring (bicyclic) bond motifs is 1. The highest BCUT2D eigenvalue weighted by Crippen LogP contribution is 2.32. The van der Waals surface area contributed by atoms with Crippen LogP contribution in [-0.2, 0) is 4.79 Å². The van der Waals surface area contributed by atoms with Crippen LogP contribution in [0.25, 0.3) is 11.0 Å². The summed E-state index contributed by atoms with van der Waals surface area (Å²) >= 11 is 0.984. The van der Waals surface area contributed by atoms with Gasteiger partial charge in [0, 0.05) is 0 Å². The van der Waals surface area contributed by atoms with E-state index in [1.54, 1.807) is 55.5 Å². The van der Waals surface area contributed by atoms with E-state index in [4.69, 9.17) is 4.74 Å². The van der Waals surface area contributed by atoms with Gasteiger partial charge in [-0.05, 0) is 31.2 Å². The molecule has 0 radical (unpaired) electrons. The molecule has 0 bridgehead atoms. The molecule has 0 saturated heterocycles. The van der Waals surface area contributed by atoms with Crippen molar-refractivity contribution in [2.45, 2.75) is 23.9 Å². The number of carbonyl (C=O) groups is 1. The number of methoxy groups -OCH3 is 1. The number of anilines is 1. The number of hydrogen-bond acceptors (Lipinski definition) is 4. The molecule has 1 atom stereocenters. The van der Waals surface area contributed by atoms with Gasteiger partial charge in [-0.1, -0.05) is 36.0 Å². The summed E-state index contributed by atoms with van der Waals surface area (Å²) in [5.74, 6) is 0.199. The molecule has 0 spiro atoms. The van der Waals surface area contributed by atoms with Crippen LogP contribution in [-0.4, -0.2) is 27.8 Å². The first-order chi connectivity index (χ1) is 12.5. The normalized spacial score (nSPS) is 12.3. The van der Waals surface area contributed by atoms with Gasteiger partial charge < -0.3 is 10.1 Å². The van der Waals surface area contributed by atoms with Gasteiger partial charge in [0.15, 0.2) is 5.16 Å². The van der Waals surface area contributed by atoms with Gasteiger partial charge in [-0.3, -0.25) is 9.36 Å². The number of nitrogens with zero attached hydrogens (tertiary/aromatic N) is 2. The zero-order valence-corrected chi connectivity index (χ0v) is 15.0. The molecular formula is C18H17F2N3O2S. The molecule has 5 nitrogen and oxygen atoms in total. The number of halogens is 2. The Labute approximate surface area is 153 Å². The minimum atomic E-state index is -2.74. The van der Waals surface area contributed by atoms with Crippen molar-refractivity contribution in [1.29, 1.82) is 0 Å². The maximum Gasteiger partial charge on any atom is 0.321 e. The van der Waals surface area contributed by atoms with E-state index < -0.39 is 11.8 Å². The van der Waals surface area contributed by atoms with Crippen LogP contribution in [0.2, 0.25) is 0 Å². The van der Waals surface area contributed by atoms with Gasteiger partial charge >= 0.3 is 6.55 Å². The maximum absolute atomic E-state index is 13.5. The van der Waals surface area contributed by atoms with Crippen molar-refractivity contribution in [3.8, 4) is 5.75 Å². The van der Waals surface area contributed by atoms with E-state index in [-0.39, 0.29) is 11.1 Å². The van der Waals surface area contributed by atoms with E-state index in [2.05, 4.69) is 10.3 Å². The molecule has 0 aliphatic rings. The lowest BCUT2D eigenvalue weighted by atomic mass is 10.3. The third-order valence-corrected chi connectivity index (χ3v) is 4.84. The summed E-state index contributed by atoms with van der Waals surface area (Å²) in [5, 5.41) is 2.23. The number of hydrogen-bond donors (Lipinski definition) is 1. The van der Waals surface area contributed by atoms with Crippen molar-refractivity contribution in [2.24, 2.45) is 0 Å². The number of amides is 1. The van der Waals surface area contributed by atoms with Crippen LogP contribution >= 0.6 is 11.8 Å². The lowest BCUT2D eigenvalue weighted by molar-refractivity contribution is -0.115. The molecule has 0 aliphatic heterocycles. The Hall–Kier alpha value is -2.61. The zero-order chi connectivity index (χ0) is 18.7. The third-order valence-electron chi connectivity index (χ3n) is 3.77. The Morgan fingerprint density at radius 3 is 2.62 bits per heavy atom. The van der Waals surface area contributed by atoms with E-state index in [1.807, 2.05) is 0 Å². The molecule has 1 aromatic heterocycles. The fourth-order valence-electron chi connectivity index (χ4n) is 2.49. The topological polar surface area (TPSA) is 56.1 Å². The van der Waals surface area contributed by atoms with Crippen molar-refractivity contribution < 1.29 is 18.3 Å². The lowest BCUT2D eigenvalue weighted by Crippen LogP contribution is -2.23. The number of imidazole rings is 1. The number of alkyl halides is 2. The fourth-order valence-corrected chi connectivity index (χ4v) is 3.41. The molecule has 26 heavy (non-hydrogen) atoms. The second-order valence-corrected chi connectivity index (χ2v) is 6.79. The van der Waals surface area contributed by atoms with Gasteiger partial charge in [-0.2, -0.15) is 8.78 Å². The van der Waals surface area contributed by atoms with Crippen LogP contribution in [0.3, 0.4) is 0 Å². The van der Waals surface area contributed by atoms with Gasteiger partial charge in [0.05, 0.1) is 29.1 Å². The minimum Gasteiger partial charge on any atom is -0.495 e. The number of thioether (sulfide) groups is 1. The highest BCUT2D eigenvalue weighted by atomic mass is 32.2. The molecular weight excluding hydrogens is 360 g/mol. The molecule has 0 fully saturated rings. The predicted molar refractivity (Wildman–Crippen MR) is 97.9 cm³/mol. The highest BCUT2D eigenvalue weighted by Gasteiger charge is 2.23. The standard InChI is InChI=1S/C18H17F2N3O2S/c1-11(16(24)21-13-8-4-6-10-15(13)25-2)26-18-22-12-7-3-5-9-14(12)23(18)17(19)20/h3-11,17H,1-2H3,(H,21,24). The first-order valence-electron chi connectivity index (χ1n) is 7.87. The zero-order valence-electron chi connectivity index (χ0n) is 14.1. The van der Waals surface area contributed by atoms with Crippen molar-refractivity contribution in [1.82, 2.24) is 9.55 Å². The van der Waals surface area contributed by atoms with Gasteiger partial charge in [0.2, 0.25) is 5.91 Å². The molecule has 3 aromatic rings. The number of rotatable bonds is 6. The molecule has 2 aromatic carbocycles. The number of ether oxygens (including phenoxy) is 1. The largest absolute Gasteiger partial charge is 0.495 e.